The maximum Gasteiger partial charge on any atom is 0.0633 e. The molecule has 0 bridgehead atoms. The number of nitrogens with two attached hydrogens (primary N) is 1. The Morgan fingerprint density at radius 3 is 1.71 bits per heavy atom. The summed E-state index contributed by atoms with van der Waals surface area (Å²) >= 11 is 0. The first-order valence-electron chi connectivity index (χ1n) is 9.72. The summed E-state index contributed by atoms with van der Waals surface area (Å²) in [4.78, 5) is 0. The van der Waals surface area contributed by atoms with E-state index in [4.69, 9.17) is 5.73 Å². The van der Waals surface area contributed by atoms with Gasteiger partial charge >= 0.3 is 0 Å². The number of unbranched alkanes of at least 4 members (excludes halogenated alkanes) is 7. The molecular weight excluding hydrogens is 298 g/mol. The summed E-state index contributed by atoms with van der Waals surface area (Å²) in [6.45, 7) is 1.90. The largest absolute Gasteiger partial charge is 0.394 e. The van der Waals surface area contributed by atoms with Crippen molar-refractivity contribution in [3.63, 3.8) is 0 Å². The summed E-state index contributed by atoms with van der Waals surface area (Å²) in [5.41, 5.74) is 7.65. The van der Waals surface area contributed by atoms with Crippen LogP contribution in [0.1, 0.15) is 75.8 Å². The zero-order valence-electron chi connectivity index (χ0n) is 15.5. The molecule has 0 aromatic heterocycles. The Morgan fingerprint density at radius 1 is 0.750 bits per heavy atom. The second-order valence-corrected chi connectivity index (χ2v) is 7.22. The summed E-state index contributed by atoms with van der Waals surface area (Å²) in [5.74, 6) is 0. The van der Waals surface area contributed by atoms with Gasteiger partial charge in [0.15, 0.2) is 0 Å². The Labute approximate surface area is 148 Å². The lowest BCUT2D eigenvalue weighted by atomic mass is 9.93. The van der Waals surface area contributed by atoms with E-state index in [1.807, 2.05) is 0 Å². The first kappa shape index (κ1) is 21.1. The lowest BCUT2D eigenvalue weighted by Crippen LogP contribution is -2.47. The highest BCUT2D eigenvalue weighted by Gasteiger charge is 2.22. The molecule has 4 N–H and O–H groups in total. The predicted molar refractivity (Wildman–Crippen MR) is 102 cm³/mol. The zero-order valence-corrected chi connectivity index (χ0v) is 15.5. The molecule has 1 rings (SSSR count). The van der Waals surface area contributed by atoms with E-state index >= 15 is 0 Å². The Hall–Kier alpha value is -0.900. The van der Waals surface area contributed by atoms with E-state index in [2.05, 4.69) is 31.2 Å². The van der Waals surface area contributed by atoms with Crippen LogP contribution in [-0.2, 0) is 12.8 Å². The van der Waals surface area contributed by atoms with Gasteiger partial charge in [-0.1, -0.05) is 76.1 Å². The van der Waals surface area contributed by atoms with Crippen molar-refractivity contribution >= 4 is 0 Å². The van der Waals surface area contributed by atoms with Crippen molar-refractivity contribution in [3.8, 4) is 0 Å². The van der Waals surface area contributed by atoms with Gasteiger partial charge in [0.05, 0.1) is 18.8 Å². The Balaban J connectivity index is 2.18. The second kappa shape index (κ2) is 12.5. The third-order valence-electron chi connectivity index (χ3n) is 4.88. The van der Waals surface area contributed by atoms with Crippen LogP contribution in [0.15, 0.2) is 24.3 Å². The molecule has 0 aliphatic heterocycles. The molecule has 0 fully saturated rings. The number of aliphatic hydroxyl groups is 2. The summed E-state index contributed by atoms with van der Waals surface area (Å²) in [6, 6.07) is 8.70. The van der Waals surface area contributed by atoms with Crippen LogP contribution in [0.4, 0.5) is 0 Å². The van der Waals surface area contributed by atoms with Crippen LogP contribution >= 0.6 is 0 Å². The summed E-state index contributed by atoms with van der Waals surface area (Å²) in [7, 11) is 0. The fourth-order valence-electron chi connectivity index (χ4n) is 2.94. The summed E-state index contributed by atoms with van der Waals surface area (Å²) in [6.07, 6.45) is 13.4. The second-order valence-electron chi connectivity index (χ2n) is 7.22. The maximum absolute atomic E-state index is 9.22. The Morgan fingerprint density at radius 2 is 1.21 bits per heavy atom. The molecule has 0 heterocycles. The van der Waals surface area contributed by atoms with E-state index in [9.17, 15) is 10.2 Å². The van der Waals surface area contributed by atoms with Crippen LogP contribution in [-0.4, -0.2) is 29.0 Å². The van der Waals surface area contributed by atoms with Crippen LogP contribution in [0.3, 0.4) is 0 Å². The fourth-order valence-corrected chi connectivity index (χ4v) is 2.94. The van der Waals surface area contributed by atoms with Crippen LogP contribution in [0, 0.1) is 0 Å². The molecule has 0 saturated carbocycles. The highest BCUT2D eigenvalue weighted by molar-refractivity contribution is 5.23. The van der Waals surface area contributed by atoms with Gasteiger partial charge in [-0.2, -0.15) is 0 Å². The van der Waals surface area contributed by atoms with Crippen LogP contribution < -0.4 is 5.73 Å². The zero-order chi connectivity index (χ0) is 17.7. The highest BCUT2D eigenvalue weighted by Crippen LogP contribution is 2.15. The average Bonchev–Trinajstić information content (AvgIpc) is 2.63. The van der Waals surface area contributed by atoms with E-state index < -0.39 is 5.54 Å². The standard InChI is InChI=1S/C21H37NO2/c1-2-3-4-5-6-7-8-9-10-19-11-13-20(14-12-19)15-16-21(22,17-23)18-24/h11-14,23-24H,2-10,15-18,22H2,1H3. The molecule has 0 spiro atoms. The van der Waals surface area contributed by atoms with Crippen molar-refractivity contribution in [2.75, 3.05) is 13.2 Å². The Kier molecular flexibility index (Phi) is 11.0. The first-order chi connectivity index (χ1) is 11.6. The van der Waals surface area contributed by atoms with Gasteiger partial charge in [-0.15, -0.1) is 0 Å². The average molecular weight is 336 g/mol. The van der Waals surface area contributed by atoms with Crippen molar-refractivity contribution in [3.05, 3.63) is 35.4 Å². The molecule has 0 unspecified atom stereocenters. The number of benzene rings is 1. The van der Waals surface area contributed by atoms with Gasteiger partial charge in [-0.25, -0.2) is 0 Å². The van der Waals surface area contributed by atoms with Crippen molar-refractivity contribution < 1.29 is 10.2 Å². The summed E-state index contributed by atoms with van der Waals surface area (Å²) < 4.78 is 0. The van der Waals surface area contributed by atoms with Crippen molar-refractivity contribution in [2.45, 2.75) is 83.1 Å². The fraction of sp³-hybridized carbons (Fsp3) is 0.714. The lowest BCUT2D eigenvalue weighted by Gasteiger charge is -2.24. The number of aryl methyl sites for hydroxylation is 2. The van der Waals surface area contributed by atoms with Crippen LogP contribution in [0.5, 0.6) is 0 Å². The third-order valence-corrected chi connectivity index (χ3v) is 4.88. The molecule has 0 amide bonds. The quantitative estimate of drug-likeness (QED) is 0.450. The first-order valence-corrected chi connectivity index (χ1v) is 9.72. The number of hydrogen-bond donors (Lipinski definition) is 3. The number of aliphatic hydroxyl groups excluding tert-OH is 2. The van der Waals surface area contributed by atoms with E-state index in [0.717, 1.165) is 12.8 Å². The molecule has 0 aliphatic rings. The van der Waals surface area contributed by atoms with Crippen molar-refractivity contribution in [1.82, 2.24) is 0 Å². The normalized spacial score (nSPS) is 11.8. The monoisotopic (exact) mass is 335 g/mol. The predicted octanol–water partition coefficient (Wildman–Crippen LogP) is 3.98. The van der Waals surface area contributed by atoms with E-state index in [0.29, 0.717) is 6.42 Å². The van der Waals surface area contributed by atoms with Gasteiger partial charge in [0, 0.05) is 0 Å². The molecule has 1 aromatic rings. The number of rotatable bonds is 14. The van der Waals surface area contributed by atoms with Gasteiger partial charge in [0.1, 0.15) is 0 Å². The van der Waals surface area contributed by atoms with Gasteiger partial charge in [0.25, 0.3) is 0 Å². The van der Waals surface area contributed by atoms with Gasteiger partial charge in [-0.3, -0.25) is 0 Å². The molecule has 0 saturated heterocycles. The Bertz CT molecular complexity index is 412. The minimum atomic E-state index is -0.865. The molecule has 3 heteroatoms. The molecule has 0 atom stereocenters. The van der Waals surface area contributed by atoms with Gasteiger partial charge in [0.2, 0.25) is 0 Å². The number of hydrogen-bond acceptors (Lipinski definition) is 3. The topological polar surface area (TPSA) is 66.5 Å². The van der Waals surface area contributed by atoms with Crippen molar-refractivity contribution in [1.29, 1.82) is 0 Å². The highest BCUT2D eigenvalue weighted by atomic mass is 16.3. The van der Waals surface area contributed by atoms with E-state index in [-0.39, 0.29) is 13.2 Å². The minimum absolute atomic E-state index is 0.181. The third kappa shape index (κ3) is 8.81. The SMILES string of the molecule is CCCCCCCCCCc1ccc(CCC(N)(CO)CO)cc1. The maximum atomic E-state index is 9.22. The van der Waals surface area contributed by atoms with Gasteiger partial charge in [-0.05, 0) is 36.8 Å². The van der Waals surface area contributed by atoms with Crippen molar-refractivity contribution in [2.24, 2.45) is 5.73 Å². The lowest BCUT2D eigenvalue weighted by molar-refractivity contribution is 0.115. The molecular formula is C21H37NO2. The molecule has 138 valence electrons. The molecule has 1 aromatic carbocycles. The van der Waals surface area contributed by atoms with Crippen LogP contribution in [0.2, 0.25) is 0 Å². The molecule has 24 heavy (non-hydrogen) atoms. The van der Waals surface area contributed by atoms with E-state index in [1.54, 1.807) is 0 Å². The molecule has 3 nitrogen and oxygen atoms in total. The summed E-state index contributed by atoms with van der Waals surface area (Å²) in [5, 5.41) is 18.4. The van der Waals surface area contributed by atoms with Crippen LogP contribution in [0.25, 0.3) is 0 Å². The molecule has 0 radical (unpaired) electrons. The van der Waals surface area contributed by atoms with Gasteiger partial charge < -0.3 is 15.9 Å². The molecule has 0 aliphatic carbocycles. The van der Waals surface area contributed by atoms with E-state index in [1.165, 1.54) is 62.5 Å². The smallest absolute Gasteiger partial charge is 0.0633 e. The minimum Gasteiger partial charge on any atom is -0.394 e.